The molecule has 0 saturated heterocycles. The molecule has 0 radical (unpaired) electrons. The number of benzene rings is 2. The number of esters is 1. The van der Waals surface area contributed by atoms with Gasteiger partial charge in [0.05, 0.1) is 15.6 Å². The summed E-state index contributed by atoms with van der Waals surface area (Å²) in [4.78, 5) is 16.1. The first-order valence-corrected chi connectivity index (χ1v) is 6.93. The Kier molecular flexibility index (Phi) is 3.78. The van der Waals surface area contributed by atoms with Crippen molar-refractivity contribution >= 4 is 41.1 Å². The summed E-state index contributed by atoms with van der Waals surface area (Å²) in [5, 5.41) is 0.695. The molecule has 0 spiro atoms. The van der Waals surface area contributed by atoms with Crippen molar-refractivity contribution in [2.45, 2.75) is 0 Å². The Bertz CT molecular complexity index is 767. The topological polar surface area (TPSA) is 38.7 Å². The minimum absolute atomic E-state index is 0.162. The standard InChI is InChI=1S/C16H9Cl2NO2/c17-12-8-4-7-11(14(12)18)15-19-13(16(20)21-15)9-10-5-2-1-3-6-10/h1-9H/b13-9+. The van der Waals surface area contributed by atoms with E-state index < -0.39 is 5.97 Å². The van der Waals surface area contributed by atoms with Crippen molar-refractivity contribution in [2.24, 2.45) is 4.99 Å². The molecule has 0 saturated carbocycles. The summed E-state index contributed by atoms with van der Waals surface area (Å²) in [6.45, 7) is 0. The lowest BCUT2D eigenvalue weighted by molar-refractivity contribution is -0.129. The summed E-state index contributed by atoms with van der Waals surface area (Å²) in [7, 11) is 0. The Morgan fingerprint density at radius 1 is 1.00 bits per heavy atom. The highest BCUT2D eigenvalue weighted by Gasteiger charge is 2.26. The minimum Gasteiger partial charge on any atom is -0.402 e. The SMILES string of the molecule is O=C1OC(c2cccc(Cl)c2Cl)=N/C1=C/c1ccccc1. The fourth-order valence-electron chi connectivity index (χ4n) is 1.90. The van der Waals surface area contributed by atoms with Gasteiger partial charge in [0.25, 0.3) is 0 Å². The second kappa shape index (κ2) is 5.72. The zero-order valence-corrected chi connectivity index (χ0v) is 12.2. The van der Waals surface area contributed by atoms with Gasteiger partial charge in [0.1, 0.15) is 0 Å². The third-order valence-corrected chi connectivity index (χ3v) is 3.72. The summed E-state index contributed by atoms with van der Waals surface area (Å²) in [6.07, 6.45) is 1.66. The van der Waals surface area contributed by atoms with Crippen LogP contribution < -0.4 is 0 Å². The first kappa shape index (κ1) is 13.9. The van der Waals surface area contributed by atoms with Gasteiger partial charge in [-0.15, -0.1) is 0 Å². The maximum atomic E-state index is 11.9. The highest BCUT2D eigenvalue weighted by Crippen LogP contribution is 2.29. The second-order valence-corrected chi connectivity index (χ2v) is 5.13. The van der Waals surface area contributed by atoms with Crippen molar-refractivity contribution < 1.29 is 9.53 Å². The predicted molar refractivity (Wildman–Crippen MR) is 83.5 cm³/mol. The average Bonchev–Trinajstić information content (AvgIpc) is 2.84. The fourth-order valence-corrected chi connectivity index (χ4v) is 2.28. The van der Waals surface area contributed by atoms with Crippen molar-refractivity contribution in [1.29, 1.82) is 0 Å². The van der Waals surface area contributed by atoms with Crippen LogP contribution in [0.2, 0.25) is 10.0 Å². The van der Waals surface area contributed by atoms with E-state index in [1.165, 1.54) is 0 Å². The van der Waals surface area contributed by atoms with Crippen LogP contribution in [0.3, 0.4) is 0 Å². The van der Waals surface area contributed by atoms with E-state index in [1.54, 1.807) is 24.3 Å². The molecule has 0 N–H and O–H groups in total. The van der Waals surface area contributed by atoms with E-state index in [-0.39, 0.29) is 11.6 Å². The van der Waals surface area contributed by atoms with Crippen LogP contribution in [0.15, 0.2) is 59.2 Å². The van der Waals surface area contributed by atoms with Crippen LogP contribution in [-0.4, -0.2) is 11.9 Å². The largest absolute Gasteiger partial charge is 0.402 e. The number of hydrogen-bond donors (Lipinski definition) is 0. The molecule has 0 aromatic heterocycles. The number of carbonyl (C=O) groups excluding carboxylic acids is 1. The van der Waals surface area contributed by atoms with Gasteiger partial charge in [0.15, 0.2) is 5.70 Å². The second-order valence-electron chi connectivity index (χ2n) is 4.35. The predicted octanol–water partition coefficient (Wildman–Crippen LogP) is 4.34. The highest BCUT2D eigenvalue weighted by atomic mass is 35.5. The Morgan fingerprint density at radius 2 is 1.76 bits per heavy atom. The first-order chi connectivity index (χ1) is 10.1. The van der Waals surface area contributed by atoms with Crippen molar-refractivity contribution in [2.75, 3.05) is 0 Å². The summed E-state index contributed by atoms with van der Waals surface area (Å²) >= 11 is 12.1. The Hall–Kier alpha value is -2.10. The van der Waals surface area contributed by atoms with E-state index in [0.29, 0.717) is 15.6 Å². The molecule has 2 aromatic rings. The summed E-state index contributed by atoms with van der Waals surface area (Å²) in [5.74, 6) is -0.348. The molecule has 21 heavy (non-hydrogen) atoms. The number of carbonyl (C=O) groups is 1. The Labute approximate surface area is 131 Å². The smallest absolute Gasteiger partial charge is 0.363 e. The molecule has 1 heterocycles. The van der Waals surface area contributed by atoms with Gasteiger partial charge in [-0.25, -0.2) is 9.79 Å². The van der Waals surface area contributed by atoms with Gasteiger partial charge in [-0.1, -0.05) is 59.6 Å². The van der Waals surface area contributed by atoms with Gasteiger partial charge in [0.2, 0.25) is 5.90 Å². The van der Waals surface area contributed by atoms with Gasteiger partial charge in [-0.3, -0.25) is 0 Å². The first-order valence-electron chi connectivity index (χ1n) is 6.17. The number of rotatable bonds is 2. The fraction of sp³-hybridized carbons (Fsp3) is 0. The summed E-state index contributed by atoms with van der Waals surface area (Å²) in [5.41, 5.74) is 1.59. The highest BCUT2D eigenvalue weighted by molar-refractivity contribution is 6.44. The van der Waals surface area contributed by atoms with Crippen LogP contribution in [0.1, 0.15) is 11.1 Å². The zero-order valence-electron chi connectivity index (χ0n) is 10.7. The molecule has 2 aromatic carbocycles. The summed E-state index contributed by atoms with van der Waals surface area (Å²) in [6, 6.07) is 14.5. The monoisotopic (exact) mass is 317 g/mol. The van der Waals surface area contributed by atoms with E-state index in [2.05, 4.69) is 4.99 Å². The van der Waals surface area contributed by atoms with E-state index in [1.807, 2.05) is 30.3 Å². The lowest BCUT2D eigenvalue weighted by Gasteiger charge is -2.03. The molecule has 0 fully saturated rings. The maximum absolute atomic E-state index is 11.9. The molecule has 0 bridgehead atoms. The van der Waals surface area contributed by atoms with Gasteiger partial charge >= 0.3 is 5.97 Å². The van der Waals surface area contributed by atoms with Crippen LogP contribution in [0.25, 0.3) is 6.08 Å². The van der Waals surface area contributed by atoms with Crippen LogP contribution in [-0.2, 0) is 9.53 Å². The number of nitrogens with zero attached hydrogens (tertiary/aromatic N) is 1. The molecule has 1 aliphatic rings. The third-order valence-electron chi connectivity index (χ3n) is 2.91. The van der Waals surface area contributed by atoms with Crippen LogP contribution in [0, 0.1) is 0 Å². The zero-order chi connectivity index (χ0) is 14.8. The third kappa shape index (κ3) is 2.84. The van der Waals surface area contributed by atoms with E-state index in [4.69, 9.17) is 27.9 Å². The van der Waals surface area contributed by atoms with Crippen molar-refractivity contribution in [1.82, 2.24) is 0 Å². The molecule has 0 atom stereocenters. The number of aliphatic imine (C=N–C) groups is 1. The number of hydrogen-bond acceptors (Lipinski definition) is 3. The average molecular weight is 318 g/mol. The van der Waals surface area contributed by atoms with E-state index >= 15 is 0 Å². The molecule has 0 amide bonds. The number of ether oxygens (including phenoxy) is 1. The lowest BCUT2D eigenvalue weighted by atomic mass is 10.2. The van der Waals surface area contributed by atoms with Crippen LogP contribution >= 0.6 is 23.2 Å². The molecular weight excluding hydrogens is 309 g/mol. The van der Waals surface area contributed by atoms with Crippen molar-refractivity contribution in [3.8, 4) is 0 Å². The molecule has 5 heteroatoms. The summed E-state index contributed by atoms with van der Waals surface area (Å²) < 4.78 is 5.17. The van der Waals surface area contributed by atoms with Crippen LogP contribution in [0.5, 0.6) is 0 Å². The quantitative estimate of drug-likeness (QED) is 0.610. The van der Waals surface area contributed by atoms with Gasteiger partial charge < -0.3 is 4.74 Å². The minimum atomic E-state index is -0.509. The van der Waals surface area contributed by atoms with Gasteiger partial charge in [-0.05, 0) is 23.8 Å². The molecule has 104 valence electrons. The molecular formula is C16H9Cl2NO2. The Balaban J connectivity index is 2.00. The molecule has 0 unspecified atom stereocenters. The van der Waals surface area contributed by atoms with Gasteiger partial charge in [0, 0.05) is 0 Å². The normalized spacial score (nSPS) is 16.0. The molecule has 0 aliphatic carbocycles. The number of cyclic esters (lactones) is 1. The maximum Gasteiger partial charge on any atom is 0.363 e. The molecule has 3 nitrogen and oxygen atoms in total. The molecule has 1 aliphatic heterocycles. The van der Waals surface area contributed by atoms with Crippen molar-refractivity contribution in [3.05, 3.63) is 75.4 Å². The van der Waals surface area contributed by atoms with Crippen molar-refractivity contribution in [3.63, 3.8) is 0 Å². The molecule has 3 rings (SSSR count). The van der Waals surface area contributed by atoms with Crippen LogP contribution in [0.4, 0.5) is 0 Å². The lowest BCUT2D eigenvalue weighted by Crippen LogP contribution is -2.06. The van der Waals surface area contributed by atoms with E-state index in [9.17, 15) is 4.79 Å². The number of halogens is 2. The van der Waals surface area contributed by atoms with Gasteiger partial charge in [-0.2, -0.15) is 0 Å². The Morgan fingerprint density at radius 3 is 2.52 bits per heavy atom. The van der Waals surface area contributed by atoms with E-state index in [0.717, 1.165) is 5.56 Å².